The van der Waals surface area contributed by atoms with Crippen molar-refractivity contribution < 1.29 is 0 Å². The van der Waals surface area contributed by atoms with Gasteiger partial charge in [-0.05, 0) is 25.7 Å². The van der Waals surface area contributed by atoms with Crippen molar-refractivity contribution in [1.82, 2.24) is 0 Å². The van der Waals surface area contributed by atoms with Crippen molar-refractivity contribution >= 4 is 5.71 Å². The van der Waals surface area contributed by atoms with E-state index in [1.54, 1.807) is 0 Å². The van der Waals surface area contributed by atoms with Gasteiger partial charge in [0.1, 0.15) is 0 Å². The molecule has 0 atom stereocenters. The monoisotopic (exact) mass is 211 g/mol. The lowest BCUT2D eigenvalue weighted by Crippen LogP contribution is -1.89. The minimum Gasteiger partial charge on any atom is -0.310 e. The molecule has 1 N–H and O–H groups in total. The maximum absolute atomic E-state index is 7.31. The van der Waals surface area contributed by atoms with Crippen LogP contribution in [-0.2, 0) is 0 Å². The molecule has 0 saturated heterocycles. The van der Waals surface area contributed by atoms with Crippen LogP contribution >= 0.6 is 0 Å². The van der Waals surface area contributed by atoms with Crippen LogP contribution in [0.2, 0.25) is 0 Å². The average molecular weight is 211 g/mol. The molecule has 1 heteroatoms. The van der Waals surface area contributed by atoms with Crippen molar-refractivity contribution in [3.05, 3.63) is 0 Å². The molecule has 0 amide bonds. The summed E-state index contributed by atoms with van der Waals surface area (Å²) in [6.07, 6.45) is 12.0. The van der Waals surface area contributed by atoms with Crippen molar-refractivity contribution in [2.75, 3.05) is 0 Å². The lowest BCUT2D eigenvalue weighted by Gasteiger charge is -2.04. The van der Waals surface area contributed by atoms with Crippen molar-refractivity contribution in [3.8, 4) is 0 Å². The minimum absolute atomic E-state index is 0.840. The van der Waals surface area contributed by atoms with Gasteiger partial charge in [-0.25, -0.2) is 0 Å². The molecule has 0 fully saturated rings. The number of hydrogen-bond acceptors (Lipinski definition) is 1. The summed E-state index contributed by atoms with van der Waals surface area (Å²) in [4.78, 5) is 0. The first-order valence-electron chi connectivity index (χ1n) is 6.67. The van der Waals surface area contributed by atoms with Crippen LogP contribution in [0, 0.1) is 11.3 Å². The smallest absolute Gasteiger partial charge is 0.00582 e. The van der Waals surface area contributed by atoms with Crippen LogP contribution in [0.5, 0.6) is 0 Å². The first-order valence-corrected chi connectivity index (χ1v) is 6.67. The van der Waals surface area contributed by atoms with Gasteiger partial charge in [-0.1, -0.05) is 58.8 Å². The standard InChI is InChI=1S/C14H29N/c1-13(2)11-9-7-5-4-6-8-10-12-14(3)15/h13,15H,4-12H2,1-3H3. The highest BCUT2D eigenvalue weighted by atomic mass is 14.4. The predicted octanol–water partition coefficient (Wildman–Crippen LogP) is 5.19. The van der Waals surface area contributed by atoms with E-state index >= 15 is 0 Å². The van der Waals surface area contributed by atoms with Crippen LogP contribution in [-0.4, -0.2) is 5.71 Å². The molecule has 0 radical (unpaired) electrons. The van der Waals surface area contributed by atoms with Gasteiger partial charge in [0.25, 0.3) is 0 Å². The van der Waals surface area contributed by atoms with Gasteiger partial charge in [0.2, 0.25) is 0 Å². The number of unbranched alkanes of at least 4 members (excludes halogenated alkanes) is 6. The Labute approximate surface area is 96.2 Å². The first-order chi connectivity index (χ1) is 7.13. The molecule has 0 saturated carbocycles. The Hall–Kier alpha value is -0.330. The van der Waals surface area contributed by atoms with Gasteiger partial charge >= 0.3 is 0 Å². The quantitative estimate of drug-likeness (QED) is 0.380. The highest BCUT2D eigenvalue weighted by Gasteiger charge is 1.95. The average Bonchev–Trinajstić information content (AvgIpc) is 2.14. The van der Waals surface area contributed by atoms with Gasteiger partial charge in [0, 0.05) is 5.71 Å². The fraction of sp³-hybridized carbons (Fsp3) is 0.929. The van der Waals surface area contributed by atoms with Gasteiger partial charge in [0.15, 0.2) is 0 Å². The zero-order valence-corrected chi connectivity index (χ0v) is 10.9. The van der Waals surface area contributed by atoms with E-state index in [1.165, 1.54) is 51.4 Å². The van der Waals surface area contributed by atoms with Crippen molar-refractivity contribution in [2.24, 2.45) is 5.92 Å². The van der Waals surface area contributed by atoms with E-state index in [0.717, 1.165) is 18.1 Å². The van der Waals surface area contributed by atoms with Gasteiger partial charge in [0.05, 0.1) is 0 Å². The second-order valence-electron chi connectivity index (χ2n) is 5.19. The van der Waals surface area contributed by atoms with E-state index in [9.17, 15) is 0 Å². The van der Waals surface area contributed by atoms with E-state index in [2.05, 4.69) is 13.8 Å². The zero-order valence-electron chi connectivity index (χ0n) is 10.9. The third-order valence-corrected chi connectivity index (χ3v) is 2.83. The topological polar surface area (TPSA) is 23.9 Å². The van der Waals surface area contributed by atoms with E-state index in [1.807, 2.05) is 6.92 Å². The van der Waals surface area contributed by atoms with Gasteiger partial charge in [-0.15, -0.1) is 0 Å². The van der Waals surface area contributed by atoms with Crippen LogP contribution in [0.3, 0.4) is 0 Å². The summed E-state index contributed by atoms with van der Waals surface area (Å²) < 4.78 is 0. The molecule has 0 bridgehead atoms. The molecule has 0 spiro atoms. The van der Waals surface area contributed by atoms with Crippen molar-refractivity contribution in [2.45, 2.75) is 78.6 Å². The Morgan fingerprint density at radius 2 is 1.33 bits per heavy atom. The van der Waals surface area contributed by atoms with Crippen LogP contribution in [0.4, 0.5) is 0 Å². The first kappa shape index (κ1) is 14.7. The molecule has 0 aliphatic carbocycles. The molecule has 0 unspecified atom stereocenters. The third-order valence-electron chi connectivity index (χ3n) is 2.83. The van der Waals surface area contributed by atoms with Crippen LogP contribution in [0.15, 0.2) is 0 Å². The second-order valence-corrected chi connectivity index (χ2v) is 5.19. The summed E-state index contributed by atoms with van der Waals surface area (Å²) in [5, 5.41) is 7.31. The van der Waals surface area contributed by atoms with Crippen molar-refractivity contribution in [1.29, 1.82) is 5.41 Å². The molecular formula is C14H29N. The number of nitrogens with one attached hydrogen (secondary N) is 1. The Morgan fingerprint density at radius 1 is 0.867 bits per heavy atom. The lowest BCUT2D eigenvalue weighted by molar-refractivity contribution is 0.510. The molecule has 90 valence electrons. The molecule has 0 aromatic carbocycles. The minimum atomic E-state index is 0.840. The Morgan fingerprint density at radius 3 is 1.80 bits per heavy atom. The molecule has 15 heavy (non-hydrogen) atoms. The largest absolute Gasteiger partial charge is 0.310 e. The normalized spacial score (nSPS) is 10.9. The highest BCUT2D eigenvalue weighted by Crippen LogP contribution is 2.12. The molecule has 1 nitrogen and oxygen atoms in total. The molecular weight excluding hydrogens is 182 g/mol. The van der Waals surface area contributed by atoms with Crippen LogP contribution in [0.25, 0.3) is 0 Å². The fourth-order valence-electron chi connectivity index (χ4n) is 1.83. The molecule has 0 rings (SSSR count). The molecule has 0 aliphatic rings. The van der Waals surface area contributed by atoms with Gasteiger partial charge in [-0.2, -0.15) is 0 Å². The molecule has 0 aliphatic heterocycles. The van der Waals surface area contributed by atoms with E-state index in [-0.39, 0.29) is 0 Å². The summed E-state index contributed by atoms with van der Waals surface area (Å²) in [7, 11) is 0. The Balaban J connectivity index is 2.96. The number of rotatable bonds is 10. The van der Waals surface area contributed by atoms with Crippen LogP contribution in [0.1, 0.15) is 78.6 Å². The summed E-state index contributed by atoms with van der Waals surface area (Å²) in [6.45, 7) is 6.52. The summed E-state index contributed by atoms with van der Waals surface area (Å²) in [6, 6.07) is 0. The lowest BCUT2D eigenvalue weighted by atomic mass is 10.0. The predicted molar refractivity (Wildman–Crippen MR) is 69.8 cm³/mol. The van der Waals surface area contributed by atoms with E-state index < -0.39 is 0 Å². The molecule has 0 aromatic heterocycles. The number of hydrogen-bond donors (Lipinski definition) is 1. The maximum Gasteiger partial charge on any atom is 0.00582 e. The highest BCUT2D eigenvalue weighted by molar-refractivity contribution is 5.78. The van der Waals surface area contributed by atoms with Gasteiger partial charge in [-0.3, -0.25) is 0 Å². The summed E-state index contributed by atoms with van der Waals surface area (Å²) in [5.74, 6) is 0.876. The van der Waals surface area contributed by atoms with Gasteiger partial charge < -0.3 is 5.41 Å². The Kier molecular flexibility index (Phi) is 9.97. The molecule has 0 aromatic rings. The fourth-order valence-corrected chi connectivity index (χ4v) is 1.83. The second kappa shape index (κ2) is 10.2. The van der Waals surface area contributed by atoms with E-state index in [0.29, 0.717) is 0 Å². The van der Waals surface area contributed by atoms with E-state index in [4.69, 9.17) is 5.41 Å². The summed E-state index contributed by atoms with van der Waals surface area (Å²) in [5.41, 5.74) is 0.840. The molecule has 0 heterocycles. The summed E-state index contributed by atoms with van der Waals surface area (Å²) >= 11 is 0. The van der Waals surface area contributed by atoms with Crippen molar-refractivity contribution in [3.63, 3.8) is 0 Å². The van der Waals surface area contributed by atoms with Crippen LogP contribution < -0.4 is 0 Å². The zero-order chi connectivity index (χ0) is 11.5. The third kappa shape index (κ3) is 13.7. The Bertz CT molecular complexity index is 149. The maximum atomic E-state index is 7.31. The SMILES string of the molecule is CC(=N)CCCCCCCCCC(C)C.